The maximum atomic E-state index is 12.0. The standard InChI is InChI=1S/C19H20N4O6/c1-2-28-17-9-13(7-8-16(17)29-12-18(20)24)11-21-22-19(25)10-14-5-3-4-6-15(14)23(26)27/h3-9,11H,2,10,12H2,1H3,(H2,20,24)(H,22,25). The Morgan fingerprint density at radius 1 is 1.21 bits per heavy atom. The van der Waals surface area contributed by atoms with Gasteiger partial charge in [-0.25, -0.2) is 5.43 Å². The van der Waals surface area contributed by atoms with E-state index in [1.54, 1.807) is 31.2 Å². The number of benzene rings is 2. The zero-order chi connectivity index (χ0) is 21.2. The summed E-state index contributed by atoms with van der Waals surface area (Å²) in [6, 6.07) is 10.9. The maximum Gasteiger partial charge on any atom is 0.273 e. The molecule has 0 unspecified atom stereocenters. The molecule has 0 fully saturated rings. The van der Waals surface area contributed by atoms with Gasteiger partial charge in [0.15, 0.2) is 18.1 Å². The van der Waals surface area contributed by atoms with Crippen molar-refractivity contribution in [2.45, 2.75) is 13.3 Å². The summed E-state index contributed by atoms with van der Waals surface area (Å²) < 4.78 is 10.7. The molecule has 0 radical (unpaired) electrons. The van der Waals surface area contributed by atoms with Crippen molar-refractivity contribution in [3.05, 3.63) is 63.7 Å². The molecule has 152 valence electrons. The molecule has 2 aromatic carbocycles. The first-order chi connectivity index (χ1) is 13.9. The normalized spacial score (nSPS) is 10.5. The molecule has 0 aliphatic heterocycles. The number of ether oxygens (including phenoxy) is 2. The smallest absolute Gasteiger partial charge is 0.273 e. The number of nitrogens with one attached hydrogen (secondary N) is 1. The highest BCUT2D eigenvalue weighted by molar-refractivity contribution is 5.84. The molecule has 2 amide bonds. The number of primary amides is 1. The Balaban J connectivity index is 2.02. The zero-order valence-corrected chi connectivity index (χ0v) is 15.7. The first-order valence-corrected chi connectivity index (χ1v) is 8.62. The van der Waals surface area contributed by atoms with Crippen LogP contribution in [0.5, 0.6) is 11.5 Å². The van der Waals surface area contributed by atoms with Crippen molar-refractivity contribution in [2.75, 3.05) is 13.2 Å². The predicted molar refractivity (Wildman–Crippen MR) is 105 cm³/mol. The van der Waals surface area contributed by atoms with Gasteiger partial charge < -0.3 is 15.2 Å². The van der Waals surface area contributed by atoms with Gasteiger partial charge in [-0.15, -0.1) is 0 Å². The van der Waals surface area contributed by atoms with Crippen LogP contribution in [0.3, 0.4) is 0 Å². The molecule has 0 spiro atoms. The van der Waals surface area contributed by atoms with E-state index < -0.39 is 16.7 Å². The van der Waals surface area contributed by atoms with Gasteiger partial charge in [0.2, 0.25) is 5.91 Å². The van der Waals surface area contributed by atoms with E-state index in [2.05, 4.69) is 10.5 Å². The number of nitrogens with zero attached hydrogens (tertiary/aromatic N) is 2. The monoisotopic (exact) mass is 400 g/mol. The minimum atomic E-state index is -0.612. The van der Waals surface area contributed by atoms with Crippen LogP contribution in [0.2, 0.25) is 0 Å². The van der Waals surface area contributed by atoms with Crippen molar-refractivity contribution >= 4 is 23.7 Å². The van der Waals surface area contributed by atoms with Gasteiger partial charge in [-0.05, 0) is 30.7 Å². The van der Waals surface area contributed by atoms with Gasteiger partial charge in [0.25, 0.3) is 11.6 Å². The molecule has 0 aromatic heterocycles. The Morgan fingerprint density at radius 2 is 1.97 bits per heavy atom. The van der Waals surface area contributed by atoms with E-state index in [0.29, 0.717) is 29.2 Å². The average Bonchev–Trinajstić information content (AvgIpc) is 2.67. The summed E-state index contributed by atoms with van der Waals surface area (Å²) in [6.45, 7) is 1.89. The van der Waals surface area contributed by atoms with Gasteiger partial charge in [0.1, 0.15) is 0 Å². The molecule has 0 heterocycles. The lowest BCUT2D eigenvalue weighted by Crippen LogP contribution is -2.20. The number of hydrogen-bond donors (Lipinski definition) is 2. The fourth-order valence-electron chi connectivity index (χ4n) is 2.37. The van der Waals surface area contributed by atoms with E-state index >= 15 is 0 Å². The highest BCUT2D eigenvalue weighted by atomic mass is 16.6. The summed E-state index contributed by atoms with van der Waals surface area (Å²) in [7, 11) is 0. The van der Waals surface area contributed by atoms with Crippen molar-refractivity contribution in [1.82, 2.24) is 5.43 Å². The lowest BCUT2D eigenvalue weighted by Gasteiger charge is -2.11. The SMILES string of the molecule is CCOc1cc(C=NNC(=O)Cc2ccccc2[N+](=O)[O-])ccc1OCC(N)=O. The highest BCUT2D eigenvalue weighted by Crippen LogP contribution is 2.28. The quantitative estimate of drug-likeness (QED) is 0.351. The predicted octanol–water partition coefficient (Wildman–Crippen LogP) is 1.55. The van der Waals surface area contributed by atoms with Crippen LogP contribution in [-0.2, 0) is 16.0 Å². The third-order valence-electron chi connectivity index (χ3n) is 3.58. The van der Waals surface area contributed by atoms with Crippen molar-refractivity contribution in [3.63, 3.8) is 0 Å². The van der Waals surface area contributed by atoms with E-state index in [0.717, 1.165) is 0 Å². The number of nitro benzene ring substituents is 1. The minimum absolute atomic E-state index is 0.125. The third kappa shape index (κ3) is 6.61. The number of nitrogens with two attached hydrogens (primary N) is 1. The van der Waals surface area contributed by atoms with Crippen molar-refractivity contribution in [1.29, 1.82) is 0 Å². The molecule has 0 aliphatic carbocycles. The molecule has 0 saturated heterocycles. The van der Waals surface area contributed by atoms with Crippen LogP contribution in [0, 0.1) is 10.1 Å². The van der Waals surface area contributed by atoms with Gasteiger partial charge >= 0.3 is 0 Å². The molecule has 0 atom stereocenters. The lowest BCUT2D eigenvalue weighted by atomic mass is 10.1. The summed E-state index contributed by atoms with van der Waals surface area (Å²) in [5, 5.41) is 14.8. The number of carbonyl (C=O) groups excluding carboxylic acids is 2. The maximum absolute atomic E-state index is 12.0. The largest absolute Gasteiger partial charge is 0.490 e. The van der Waals surface area contributed by atoms with Gasteiger partial charge in [0, 0.05) is 11.6 Å². The average molecular weight is 400 g/mol. The lowest BCUT2D eigenvalue weighted by molar-refractivity contribution is -0.385. The summed E-state index contributed by atoms with van der Waals surface area (Å²) in [5.41, 5.74) is 8.16. The number of para-hydroxylation sites is 1. The van der Waals surface area contributed by atoms with Crippen LogP contribution >= 0.6 is 0 Å². The van der Waals surface area contributed by atoms with E-state index in [-0.39, 0.29) is 18.7 Å². The van der Waals surface area contributed by atoms with Crippen LogP contribution in [0.25, 0.3) is 0 Å². The summed E-state index contributed by atoms with van der Waals surface area (Å²) in [6.07, 6.45) is 1.20. The first-order valence-electron chi connectivity index (χ1n) is 8.62. The van der Waals surface area contributed by atoms with Gasteiger partial charge in [-0.1, -0.05) is 18.2 Å². The van der Waals surface area contributed by atoms with Crippen LogP contribution in [-0.4, -0.2) is 36.2 Å². The van der Waals surface area contributed by atoms with Gasteiger partial charge in [-0.3, -0.25) is 19.7 Å². The summed E-state index contributed by atoms with van der Waals surface area (Å²) >= 11 is 0. The van der Waals surface area contributed by atoms with E-state index in [4.69, 9.17) is 15.2 Å². The second-order valence-electron chi connectivity index (χ2n) is 5.75. The Labute approximate surface area is 166 Å². The van der Waals surface area contributed by atoms with Gasteiger partial charge in [-0.2, -0.15) is 5.10 Å². The zero-order valence-electron chi connectivity index (χ0n) is 15.7. The highest BCUT2D eigenvalue weighted by Gasteiger charge is 2.15. The number of hydrogen-bond acceptors (Lipinski definition) is 7. The molecule has 29 heavy (non-hydrogen) atoms. The second kappa shape index (κ2) is 10.4. The number of hydrazone groups is 1. The molecule has 3 N–H and O–H groups in total. The molecule has 10 nitrogen and oxygen atoms in total. The van der Waals surface area contributed by atoms with Crippen LogP contribution < -0.4 is 20.6 Å². The Hall–Kier alpha value is -3.95. The van der Waals surface area contributed by atoms with Crippen LogP contribution in [0.1, 0.15) is 18.1 Å². The Bertz CT molecular complexity index is 929. The fourth-order valence-corrected chi connectivity index (χ4v) is 2.37. The Kier molecular flexibility index (Phi) is 7.66. The van der Waals surface area contributed by atoms with E-state index in [1.807, 2.05) is 0 Å². The number of carbonyl (C=O) groups is 2. The molecule has 0 aliphatic rings. The van der Waals surface area contributed by atoms with Crippen LogP contribution in [0.4, 0.5) is 5.69 Å². The minimum Gasteiger partial charge on any atom is -0.490 e. The summed E-state index contributed by atoms with van der Waals surface area (Å²) in [5.74, 6) is -0.367. The second-order valence-corrected chi connectivity index (χ2v) is 5.75. The van der Waals surface area contributed by atoms with Crippen molar-refractivity contribution in [3.8, 4) is 11.5 Å². The molecule has 0 saturated carbocycles. The number of nitro groups is 1. The topological polar surface area (TPSA) is 146 Å². The number of amides is 2. The molecule has 10 heteroatoms. The third-order valence-corrected chi connectivity index (χ3v) is 3.58. The van der Waals surface area contributed by atoms with E-state index in [1.165, 1.54) is 24.4 Å². The Morgan fingerprint density at radius 3 is 2.66 bits per heavy atom. The molecule has 2 rings (SSSR count). The fraction of sp³-hybridized carbons (Fsp3) is 0.211. The molecular formula is C19H20N4O6. The first kappa shape index (κ1) is 21.4. The summed E-state index contributed by atoms with van der Waals surface area (Å²) in [4.78, 5) is 33.3. The number of rotatable bonds is 10. The van der Waals surface area contributed by atoms with E-state index in [9.17, 15) is 19.7 Å². The van der Waals surface area contributed by atoms with Crippen LogP contribution in [0.15, 0.2) is 47.6 Å². The van der Waals surface area contributed by atoms with Crippen molar-refractivity contribution < 1.29 is 24.0 Å². The molecular weight excluding hydrogens is 380 g/mol. The van der Waals surface area contributed by atoms with Gasteiger partial charge in [0.05, 0.1) is 24.2 Å². The van der Waals surface area contributed by atoms with Crippen molar-refractivity contribution in [2.24, 2.45) is 10.8 Å². The molecule has 2 aromatic rings. The molecule has 0 bridgehead atoms.